The van der Waals surface area contributed by atoms with Gasteiger partial charge in [0.1, 0.15) is 5.01 Å². The lowest BCUT2D eigenvalue weighted by Gasteiger charge is -2.29. The third-order valence-electron chi connectivity index (χ3n) is 3.67. The molecule has 3 N–H and O–H groups in total. The summed E-state index contributed by atoms with van der Waals surface area (Å²) in [5.74, 6) is 0.0706. The fraction of sp³-hybridized carbons (Fsp3) is 0.714. The highest BCUT2D eigenvalue weighted by atomic mass is 32.1. The van der Waals surface area contributed by atoms with E-state index in [0.717, 1.165) is 37.4 Å². The van der Waals surface area contributed by atoms with Gasteiger partial charge < -0.3 is 11.1 Å². The Morgan fingerprint density at radius 3 is 2.90 bits per heavy atom. The van der Waals surface area contributed by atoms with Crippen molar-refractivity contribution in [3.63, 3.8) is 0 Å². The molecule has 1 unspecified atom stereocenters. The summed E-state index contributed by atoms with van der Waals surface area (Å²) in [4.78, 5) is 19.8. The van der Waals surface area contributed by atoms with Gasteiger partial charge in [-0.05, 0) is 26.2 Å². The van der Waals surface area contributed by atoms with E-state index in [0.29, 0.717) is 12.6 Å². The number of rotatable bonds is 5. The third kappa shape index (κ3) is 4.26. The fourth-order valence-corrected chi connectivity index (χ4v) is 3.21. The lowest BCUT2D eigenvalue weighted by Crippen LogP contribution is -2.44. The summed E-state index contributed by atoms with van der Waals surface area (Å²) < 4.78 is 0. The lowest BCUT2D eigenvalue weighted by atomic mass is 10.1. The van der Waals surface area contributed by atoms with Crippen molar-refractivity contribution in [3.05, 3.63) is 16.1 Å². The van der Waals surface area contributed by atoms with E-state index in [1.807, 2.05) is 13.1 Å². The smallest absolute Gasteiger partial charge is 0.234 e. The first kappa shape index (κ1) is 15.4. The predicted octanol–water partition coefficient (Wildman–Crippen LogP) is 1.31. The van der Waals surface area contributed by atoms with E-state index in [9.17, 15) is 4.79 Å². The van der Waals surface area contributed by atoms with Crippen molar-refractivity contribution in [2.24, 2.45) is 5.73 Å². The Morgan fingerprint density at radius 1 is 1.60 bits per heavy atom. The SMILES string of the molecule is CCc1cnc(C(C)NC(=O)CN2CCC(N)CC2)s1. The van der Waals surface area contributed by atoms with Crippen LogP contribution in [0.5, 0.6) is 0 Å². The Morgan fingerprint density at radius 2 is 2.30 bits per heavy atom. The monoisotopic (exact) mass is 296 g/mol. The fourth-order valence-electron chi connectivity index (χ4n) is 2.35. The number of piperidine rings is 1. The van der Waals surface area contributed by atoms with E-state index < -0.39 is 0 Å². The average molecular weight is 296 g/mol. The van der Waals surface area contributed by atoms with Crippen LogP contribution >= 0.6 is 11.3 Å². The van der Waals surface area contributed by atoms with Gasteiger partial charge in [-0.15, -0.1) is 11.3 Å². The molecule has 112 valence electrons. The van der Waals surface area contributed by atoms with Gasteiger partial charge in [-0.25, -0.2) is 4.98 Å². The molecular weight excluding hydrogens is 272 g/mol. The molecule has 1 aromatic rings. The Hall–Kier alpha value is -0.980. The first-order chi connectivity index (χ1) is 9.58. The van der Waals surface area contributed by atoms with E-state index in [4.69, 9.17) is 5.73 Å². The Kier molecular flexibility index (Phi) is 5.51. The van der Waals surface area contributed by atoms with Gasteiger partial charge >= 0.3 is 0 Å². The number of aromatic nitrogens is 1. The van der Waals surface area contributed by atoms with Gasteiger partial charge in [0.2, 0.25) is 5.91 Å². The molecule has 1 amide bonds. The van der Waals surface area contributed by atoms with Crippen molar-refractivity contribution in [3.8, 4) is 0 Å². The largest absolute Gasteiger partial charge is 0.346 e. The second kappa shape index (κ2) is 7.15. The van der Waals surface area contributed by atoms with Crippen LogP contribution in [0.1, 0.15) is 42.6 Å². The number of thiazole rings is 1. The van der Waals surface area contributed by atoms with Crippen molar-refractivity contribution in [2.75, 3.05) is 19.6 Å². The molecule has 0 saturated carbocycles. The molecule has 1 aliphatic heterocycles. The number of aryl methyl sites for hydroxylation is 1. The van der Waals surface area contributed by atoms with Crippen LogP contribution in [0.25, 0.3) is 0 Å². The minimum Gasteiger partial charge on any atom is -0.346 e. The zero-order chi connectivity index (χ0) is 14.5. The van der Waals surface area contributed by atoms with Crippen LogP contribution in [0.15, 0.2) is 6.20 Å². The third-order valence-corrected chi connectivity index (χ3v) is 4.99. The maximum atomic E-state index is 12.0. The topological polar surface area (TPSA) is 71.2 Å². The van der Waals surface area contributed by atoms with Crippen LogP contribution in [-0.2, 0) is 11.2 Å². The highest BCUT2D eigenvalue weighted by Gasteiger charge is 2.19. The summed E-state index contributed by atoms with van der Waals surface area (Å²) >= 11 is 1.67. The summed E-state index contributed by atoms with van der Waals surface area (Å²) in [6.45, 7) is 6.40. The molecule has 1 aromatic heterocycles. The molecule has 0 aromatic carbocycles. The summed E-state index contributed by atoms with van der Waals surface area (Å²) in [7, 11) is 0. The van der Waals surface area contributed by atoms with E-state index in [-0.39, 0.29) is 11.9 Å². The molecule has 0 radical (unpaired) electrons. The second-order valence-electron chi connectivity index (χ2n) is 5.42. The molecule has 6 heteroatoms. The number of nitrogens with zero attached hydrogens (tertiary/aromatic N) is 2. The van der Waals surface area contributed by atoms with Gasteiger partial charge in [0.15, 0.2) is 0 Å². The summed E-state index contributed by atoms with van der Waals surface area (Å²) in [5.41, 5.74) is 5.87. The molecule has 5 nitrogen and oxygen atoms in total. The molecule has 0 aliphatic carbocycles. The molecule has 1 saturated heterocycles. The van der Waals surface area contributed by atoms with Crippen molar-refractivity contribution in [1.82, 2.24) is 15.2 Å². The number of nitrogens with two attached hydrogens (primary N) is 1. The maximum Gasteiger partial charge on any atom is 0.234 e. The quantitative estimate of drug-likeness (QED) is 0.859. The average Bonchev–Trinajstić information content (AvgIpc) is 2.90. The van der Waals surface area contributed by atoms with Gasteiger partial charge in [-0.2, -0.15) is 0 Å². The van der Waals surface area contributed by atoms with Crippen LogP contribution in [0, 0.1) is 0 Å². The van der Waals surface area contributed by atoms with Gasteiger partial charge in [-0.3, -0.25) is 9.69 Å². The van der Waals surface area contributed by atoms with E-state index in [2.05, 4.69) is 22.1 Å². The van der Waals surface area contributed by atoms with Crippen molar-refractivity contribution >= 4 is 17.2 Å². The number of hydrogen-bond acceptors (Lipinski definition) is 5. The number of nitrogens with one attached hydrogen (secondary N) is 1. The molecule has 1 fully saturated rings. The summed E-state index contributed by atoms with van der Waals surface area (Å²) in [5, 5.41) is 4.01. The Bertz CT molecular complexity index is 440. The molecule has 2 heterocycles. The predicted molar refractivity (Wildman–Crippen MR) is 81.7 cm³/mol. The van der Waals surface area contributed by atoms with Crippen LogP contribution in [0.4, 0.5) is 0 Å². The Labute approximate surface area is 124 Å². The Balaban J connectivity index is 1.78. The zero-order valence-electron chi connectivity index (χ0n) is 12.3. The van der Waals surface area contributed by atoms with Gasteiger partial charge in [0.25, 0.3) is 0 Å². The minimum absolute atomic E-state index is 0.0140. The zero-order valence-corrected chi connectivity index (χ0v) is 13.1. The standard InChI is InChI=1S/C14H24N4OS/c1-3-12-8-16-14(20-12)10(2)17-13(19)9-18-6-4-11(15)5-7-18/h8,10-11H,3-7,9,15H2,1-2H3,(H,17,19). The highest BCUT2D eigenvalue weighted by Crippen LogP contribution is 2.20. The molecule has 2 rings (SSSR count). The van der Waals surface area contributed by atoms with E-state index in [1.54, 1.807) is 11.3 Å². The first-order valence-electron chi connectivity index (χ1n) is 7.30. The van der Waals surface area contributed by atoms with Crippen LogP contribution in [-0.4, -0.2) is 41.5 Å². The van der Waals surface area contributed by atoms with E-state index in [1.165, 1.54) is 4.88 Å². The molecule has 0 spiro atoms. The van der Waals surface area contributed by atoms with Crippen molar-refractivity contribution < 1.29 is 4.79 Å². The van der Waals surface area contributed by atoms with Gasteiger partial charge in [0.05, 0.1) is 12.6 Å². The number of carbonyl (C=O) groups is 1. The number of hydrogen-bond donors (Lipinski definition) is 2. The molecule has 1 aliphatic rings. The van der Waals surface area contributed by atoms with E-state index >= 15 is 0 Å². The molecule has 1 atom stereocenters. The lowest BCUT2D eigenvalue weighted by molar-refractivity contribution is -0.123. The minimum atomic E-state index is -0.0140. The highest BCUT2D eigenvalue weighted by molar-refractivity contribution is 7.11. The maximum absolute atomic E-state index is 12.0. The molecule has 20 heavy (non-hydrogen) atoms. The van der Waals surface area contributed by atoms with Crippen LogP contribution < -0.4 is 11.1 Å². The van der Waals surface area contributed by atoms with Crippen molar-refractivity contribution in [2.45, 2.75) is 45.2 Å². The molecular formula is C14H24N4OS. The van der Waals surface area contributed by atoms with Gasteiger partial charge in [0, 0.05) is 30.2 Å². The van der Waals surface area contributed by atoms with Crippen LogP contribution in [0.2, 0.25) is 0 Å². The summed E-state index contributed by atoms with van der Waals surface area (Å²) in [6.07, 6.45) is 4.85. The first-order valence-corrected chi connectivity index (χ1v) is 8.12. The van der Waals surface area contributed by atoms with Gasteiger partial charge in [-0.1, -0.05) is 6.92 Å². The summed E-state index contributed by atoms with van der Waals surface area (Å²) in [6, 6.07) is 0.288. The van der Waals surface area contributed by atoms with Crippen molar-refractivity contribution in [1.29, 1.82) is 0 Å². The number of carbonyl (C=O) groups excluding carboxylic acids is 1. The number of amides is 1. The molecule has 0 bridgehead atoms. The second-order valence-corrected chi connectivity index (χ2v) is 6.57. The normalized spacial score (nSPS) is 18.9. The van der Waals surface area contributed by atoms with Crippen LogP contribution in [0.3, 0.4) is 0 Å². The number of likely N-dealkylation sites (tertiary alicyclic amines) is 1.